The third-order valence-electron chi connectivity index (χ3n) is 5.23. The van der Waals surface area contributed by atoms with Crippen molar-refractivity contribution in [3.63, 3.8) is 0 Å². The van der Waals surface area contributed by atoms with E-state index in [2.05, 4.69) is 5.32 Å². The summed E-state index contributed by atoms with van der Waals surface area (Å²) < 4.78 is 0. The Morgan fingerprint density at radius 3 is 1.71 bits per heavy atom. The molecule has 0 saturated carbocycles. The second-order valence-electron chi connectivity index (χ2n) is 7.46. The highest BCUT2D eigenvalue weighted by molar-refractivity contribution is 6.35. The molecule has 4 rings (SSSR count). The van der Waals surface area contributed by atoms with Crippen molar-refractivity contribution in [2.45, 2.75) is 13.1 Å². The van der Waals surface area contributed by atoms with E-state index in [0.717, 1.165) is 16.8 Å². The zero-order valence-corrected chi connectivity index (χ0v) is 17.0. The molecule has 6 nitrogen and oxygen atoms in total. The van der Waals surface area contributed by atoms with Crippen molar-refractivity contribution in [2.75, 3.05) is 18.4 Å². The van der Waals surface area contributed by atoms with Crippen molar-refractivity contribution in [2.24, 2.45) is 0 Å². The van der Waals surface area contributed by atoms with Gasteiger partial charge in [-0.25, -0.2) is 0 Å². The number of benzene rings is 3. The van der Waals surface area contributed by atoms with Crippen LogP contribution in [0.1, 0.15) is 21.5 Å². The lowest BCUT2D eigenvalue weighted by atomic mass is 10.1. The van der Waals surface area contributed by atoms with Gasteiger partial charge in [0, 0.05) is 37.4 Å². The number of hydrogen-bond donors (Lipinski definition) is 1. The van der Waals surface area contributed by atoms with Crippen LogP contribution in [0.4, 0.5) is 5.69 Å². The maximum atomic E-state index is 12.6. The molecule has 1 heterocycles. The van der Waals surface area contributed by atoms with E-state index in [4.69, 9.17) is 0 Å². The Balaban J connectivity index is 1.34. The molecule has 0 aromatic heterocycles. The maximum absolute atomic E-state index is 12.6. The molecule has 0 spiro atoms. The summed E-state index contributed by atoms with van der Waals surface area (Å²) in [6.07, 6.45) is 0. The smallest absolute Gasteiger partial charge is 0.312 e. The minimum Gasteiger partial charge on any atom is -0.328 e. The molecule has 31 heavy (non-hydrogen) atoms. The first-order valence-electron chi connectivity index (χ1n) is 10.2. The Morgan fingerprint density at radius 1 is 0.677 bits per heavy atom. The second kappa shape index (κ2) is 9.26. The summed E-state index contributed by atoms with van der Waals surface area (Å²) in [5.41, 5.74) is 3.13. The first-order valence-corrected chi connectivity index (χ1v) is 10.2. The lowest BCUT2D eigenvalue weighted by Gasteiger charge is -2.33. The number of nitrogens with one attached hydrogen (secondary N) is 1. The van der Waals surface area contributed by atoms with Gasteiger partial charge in [0.25, 0.3) is 5.91 Å². The van der Waals surface area contributed by atoms with Crippen LogP contribution in [-0.4, -0.2) is 40.6 Å². The summed E-state index contributed by atoms with van der Waals surface area (Å²) in [5, 5.41) is 2.84. The molecular weight excluding hydrogens is 390 g/mol. The summed E-state index contributed by atoms with van der Waals surface area (Å²) >= 11 is 0. The van der Waals surface area contributed by atoms with Gasteiger partial charge in [-0.1, -0.05) is 60.7 Å². The molecule has 156 valence electrons. The van der Waals surface area contributed by atoms with Crippen LogP contribution in [0.3, 0.4) is 0 Å². The predicted octanol–water partition coefficient (Wildman–Crippen LogP) is 3.31. The summed E-state index contributed by atoms with van der Waals surface area (Å²) in [5.74, 6) is -1.17. The largest absolute Gasteiger partial charge is 0.328 e. The molecule has 1 aliphatic heterocycles. The molecule has 1 saturated heterocycles. The van der Waals surface area contributed by atoms with Crippen molar-refractivity contribution in [3.8, 4) is 0 Å². The number of hydrogen-bond acceptors (Lipinski definition) is 3. The summed E-state index contributed by atoms with van der Waals surface area (Å²) in [6.45, 7) is 1.75. The monoisotopic (exact) mass is 413 g/mol. The molecule has 0 bridgehead atoms. The van der Waals surface area contributed by atoms with Crippen molar-refractivity contribution in [1.82, 2.24) is 9.80 Å². The maximum Gasteiger partial charge on any atom is 0.312 e. The number of para-hydroxylation sites is 1. The Bertz CT molecular complexity index is 1070. The predicted molar refractivity (Wildman–Crippen MR) is 118 cm³/mol. The molecule has 1 fully saturated rings. The van der Waals surface area contributed by atoms with E-state index in [0.29, 0.717) is 31.7 Å². The van der Waals surface area contributed by atoms with E-state index < -0.39 is 11.8 Å². The first-order chi connectivity index (χ1) is 15.1. The van der Waals surface area contributed by atoms with Gasteiger partial charge in [-0.05, 0) is 35.4 Å². The summed E-state index contributed by atoms with van der Waals surface area (Å²) in [6, 6.07) is 26.0. The van der Waals surface area contributed by atoms with Gasteiger partial charge in [0.1, 0.15) is 0 Å². The molecule has 0 aliphatic carbocycles. The van der Waals surface area contributed by atoms with Crippen molar-refractivity contribution in [3.05, 3.63) is 102 Å². The van der Waals surface area contributed by atoms with Crippen LogP contribution in [0.15, 0.2) is 84.9 Å². The van der Waals surface area contributed by atoms with Gasteiger partial charge in [0.2, 0.25) is 0 Å². The molecule has 6 heteroatoms. The topological polar surface area (TPSA) is 69.7 Å². The zero-order chi connectivity index (χ0) is 21.6. The van der Waals surface area contributed by atoms with Crippen molar-refractivity contribution in [1.29, 1.82) is 0 Å². The molecule has 0 atom stereocenters. The quantitative estimate of drug-likeness (QED) is 0.631. The number of carbonyl (C=O) groups excluding carboxylic acids is 3. The van der Waals surface area contributed by atoms with E-state index >= 15 is 0 Å². The highest BCUT2D eigenvalue weighted by atomic mass is 16.2. The van der Waals surface area contributed by atoms with Gasteiger partial charge in [0.05, 0.1) is 0 Å². The van der Waals surface area contributed by atoms with Gasteiger partial charge >= 0.3 is 11.8 Å². The third kappa shape index (κ3) is 4.98. The Labute approximate surface area is 181 Å². The minimum atomic E-state index is -0.493. The normalized spacial score (nSPS) is 13.9. The molecule has 1 N–H and O–H groups in total. The third-order valence-corrected chi connectivity index (χ3v) is 5.23. The van der Waals surface area contributed by atoms with Gasteiger partial charge in [-0.3, -0.25) is 14.4 Å². The number of amides is 3. The van der Waals surface area contributed by atoms with Gasteiger partial charge < -0.3 is 15.1 Å². The number of carbonyl (C=O) groups is 3. The highest BCUT2D eigenvalue weighted by Crippen LogP contribution is 2.15. The van der Waals surface area contributed by atoms with Crippen molar-refractivity contribution < 1.29 is 14.4 Å². The number of nitrogens with zero attached hydrogens (tertiary/aromatic N) is 2. The fourth-order valence-electron chi connectivity index (χ4n) is 3.53. The van der Waals surface area contributed by atoms with Gasteiger partial charge in [0.15, 0.2) is 0 Å². The average Bonchev–Trinajstić information content (AvgIpc) is 2.80. The fraction of sp³-hybridized carbons (Fsp3) is 0.160. The molecule has 3 amide bonds. The van der Waals surface area contributed by atoms with E-state index in [1.807, 2.05) is 72.8 Å². The molecule has 3 aromatic rings. The van der Waals surface area contributed by atoms with Crippen LogP contribution >= 0.6 is 0 Å². The van der Waals surface area contributed by atoms with Crippen LogP contribution in [0, 0.1) is 0 Å². The van der Waals surface area contributed by atoms with Crippen LogP contribution < -0.4 is 5.32 Å². The molecule has 0 radical (unpaired) electrons. The second-order valence-corrected chi connectivity index (χ2v) is 7.46. The summed E-state index contributed by atoms with van der Waals surface area (Å²) in [4.78, 5) is 40.6. The lowest BCUT2D eigenvalue weighted by Crippen LogP contribution is -2.53. The van der Waals surface area contributed by atoms with E-state index in [1.54, 1.807) is 21.9 Å². The minimum absolute atomic E-state index is 0.196. The van der Waals surface area contributed by atoms with Gasteiger partial charge in [-0.2, -0.15) is 0 Å². The Kier molecular flexibility index (Phi) is 6.08. The number of rotatable bonds is 6. The SMILES string of the molecule is O=C(Nc1ccccc1)c1ccc(CN2CCN(Cc3ccccc3)C(=O)C2=O)cc1. The van der Waals surface area contributed by atoms with Crippen molar-refractivity contribution >= 4 is 23.4 Å². The Hall–Kier alpha value is -3.93. The summed E-state index contributed by atoms with van der Waals surface area (Å²) in [7, 11) is 0. The van der Waals surface area contributed by atoms with Crippen LogP contribution in [0.2, 0.25) is 0 Å². The van der Waals surface area contributed by atoms with Gasteiger partial charge in [-0.15, -0.1) is 0 Å². The molecule has 1 aliphatic rings. The standard InChI is InChI=1S/C25H23N3O3/c29-23(26-22-9-5-2-6-10-22)21-13-11-20(12-14-21)18-28-16-15-27(24(30)25(28)31)17-19-7-3-1-4-8-19/h1-14H,15-18H2,(H,26,29). The molecular formula is C25H23N3O3. The molecule has 0 unspecified atom stereocenters. The van der Waals surface area contributed by atoms with E-state index in [-0.39, 0.29) is 5.91 Å². The zero-order valence-electron chi connectivity index (χ0n) is 17.0. The average molecular weight is 413 g/mol. The van der Waals surface area contributed by atoms with Crippen LogP contribution in [0.25, 0.3) is 0 Å². The molecule has 3 aromatic carbocycles. The van der Waals surface area contributed by atoms with Crippen LogP contribution in [-0.2, 0) is 22.7 Å². The highest BCUT2D eigenvalue weighted by Gasteiger charge is 2.32. The number of anilines is 1. The Morgan fingerprint density at radius 2 is 1.16 bits per heavy atom. The lowest BCUT2D eigenvalue weighted by molar-refractivity contribution is -0.156. The van der Waals surface area contributed by atoms with E-state index in [1.165, 1.54) is 0 Å². The van der Waals surface area contributed by atoms with Crippen LogP contribution in [0.5, 0.6) is 0 Å². The first kappa shape index (κ1) is 20.3. The number of piperazine rings is 1. The van der Waals surface area contributed by atoms with E-state index in [9.17, 15) is 14.4 Å². The fourth-order valence-corrected chi connectivity index (χ4v) is 3.53.